The first-order chi connectivity index (χ1) is 8.66. The number of aromatic nitrogens is 1. The Balaban J connectivity index is 2.06. The van der Waals surface area contributed by atoms with Crippen molar-refractivity contribution in [2.75, 3.05) is 0 Å². The molecule has 0 saturated carbocycles. The van der Waals surface area contributed by atoms with Crippen LogP contribution in [0.1, 0.15) is 28.9 Å². The first kappa shape index (κ1) is 12.1. The highest BCUT2D eigenvalue weighted by Crippen LogP contribution is 2.16. The molecule has 0 fully saturated rings. The molecule has 1 aromatic heterocycles. The van der Waals surface area contributed by atoms with Crippen LogP contribution in [0, 0.1) is 0 Å². The van der Waals surface area contributed by atoms with Crippen LogP contribution in [0.4, 0.5) is 0 Å². The van der Waals surface area contributed by atoms with Crippen LogP contribution in [-0.4, -0.2) is 16.0 Å². The van der Waals surface area contributed by atoms with E-state index >= 15 is 0 Å². The standard InChI is InChI=1S/C14H14N2O2/c1-10(11-4-6-13(17)7-5-11)16-14(18)12-3-2-8-15-9-12/h2-10,17H,1H3,(H,16,18)/t10-/m1/s1. The van der Waals surface area contributed by atoms with E-state index in [4.69, 9.17) is 0 Å². The highest BCUT2D eigenvalue weighted by Gasteiger charge is 2.11. The van der Waals surface area contributed by atoms with E-state index in [1.807, 2.05) is 6.92 Å². The molecule has 18 heavy (non-hydrogen) atoms. The third-order valence-corrected chi connectivity index (χ3v) is 2.66. The van der Waals surface area contributed by atoms with Crippen molar-refractivity contribution in [3.63, 3.8) is 0 Å². The molecule has 92 valence electrons. The van der Waals surface area contributed by atoms with Crippen molar-refractivity contribution in [1.82, 2.24) is 10.3 Å². The molecule has 4 heteroatoms. The third-order valence-electron chi connectivity index (χ3n) is 2.66. The van der Waals surface area contributed by atoms with E-state index in [2.05, 4.69) is 10.3 Å². The van der Waals surface area contributed by atoms with E-state index in [0.29, 0.717) is 5.56 Å². The normalized spacial score (nSPS) is 11.8. The number of aromatic hydroxyl groups is 1. The van der Waals surface area contributed by atoms with E-state index < -0.39 is 0 Å². The second-order valence-electron chi connectivity index (χ2n) is 4.03. The summed E-state index contributed by atoms with van der Waals surface area (Å²) >= 11 is 0. The van der Waals surface area contributed by atoms with Crippen molar-refractivity contribution in [3.8, 4) is 5.75 Å². The van der Waals surface area contributed by atoms with E-state index in [-0.39, 0.29) is 17.7 Å². The van der Waals surface area contributed by atoms with Crippen molar-refractivity contribution in [3.05, 3.63) is 59.9 Å². The molecule has 1 atom stereocenters. The molecule has 0 radical (unpaired) electrons. The summed E-state index contributed by atoms with van der Waals surface area (Å²) in [6, 6.07) is 10.1. The average molecular weight is 242 g/mol. The number of rotatable bonds is 3. The van der Waals surface area contributed by atoms with Crippen LogP contribution in [0.2, 0.25) is 0 Å². The van der Waals surface area contributed by atoms with Crippen LogP contribution in [0.3, 0.4) is 0 Å². The summed E-state index contributed by atoms with van der Waals surface area (Å²) in [6.07, 6.45) is 3.15. The van der Waals surface area contributed by atoms with E-state index in [9.17, 15) is 9.90 Å². The number of carbonyl (C=O) groups excluding carboxylic acids is 1. The van der Waals surface area contributed by atoms with Crippen molar-refractivity contribution in [1.29, 1.82) is 0 Å². The summed E-state index contributed by atoms with van der Waals surface area (Å²) < 4.78 is 0. The maximum absolute atomic E-state index is 11.9. The lowest BCUT2D eigenvalue weighted by atomic mass is 10.1. The second-order valence-corrected chi connectivity index (χ2v) is 4.03. The summed E-state index contributed by atoms with van der Waals surface area (Å²) in [4.78, 5) is 15.8. The van der Waals surface area contributed by atoms with Gasteiger partial charge >= 0.3 is 0 Å². The number of carbonyl (C=O) groups is 1. The predicted molar refractivity (Wildman–Crippen MR) is 68.2 cm³/mol. The predicted octanol–water partition coefficient (Wildman–Crippen LogP) is 2.28. The van der Waals surface area contributed by atoms with Gasteiger partial charge in [-0.1, -0.05) is 12.1 Å². The molecule has 0 aliphatic rings. The van der Waals surface area contributed by atoms with Crippen molar-refractivity contribution >= 4 is 5.91 Å². The number of hydrogen-bond donors (Lipinski definition) is 2. The van der Waals surface area contributed by atoms with Crippen molar-refractivity contribution in [2.24, 2.45) is 0 Å². The first-order valence-corrected chi connectivity index (χ1v) is 5.66. The smallest absolute Gasteiger partial charge is 0.253 e. The zero-order valence-corrected chi connectivity index (χ0v) is 10.00. The lowest BCUT2D eigenvalue weighted by Gasteiger charge is -2.14. The van der Waals surface area contributed by atoms with Crippen LogP contribution >= 0.6 is 0 Å². The molecule has 0 spiro atoms. The summed E-state index contributed by atoms with van der Waals surface area (Å²) in [6.45, 7) is 1.89. The zero-order chi connectivity index (χ0) is 13.0. The van der Waals surface area contributed by atoms with Gasteiger partial charge in [-0.2, -0.15) is 0 Å². The quantitative estimate of drug-likeness (QED) is 0.868. The SMILES string of the molecule is C[C@@H](NC(=O)c1cccnc1)c1ccc(O)cc1. The Morgan fingerprint density at radius 3 is 2.61 bits per heavy atom. The highest BCUT2D eigenvalue weighted by atomic mass is 16.3. The number of benzene rings is 1. The number of nitrogens with one attached hydrogen (secondary N) is 1. The summed E-state index contributed by atoms with van der Waals surface area (Å²) in [5.41, 5.74) is 1.47. The van der Waals surface area contributed by atoms with E-state index in [1.165, 1.54) is 6.20 Å². The van der Waals surface area contributed by atoms with Gasteiger partial charge in [0.25, 0.3) is 5.91 Å². The first-order valence-electron chi connectivity index (χ1n) is 5.66. The molecule has 0 bridgehead atoms. The molecule has 1 aromatic carbocycles. The minimum atomic E-state index is -0.163. The number of amides is 1. The van der Waals surface area contributed by atoms with Gasteiger partial charge in [-0.15, -0.1) is 0 Å². The molecule has 2 aromatic rings. The van der Waals surface area contributed by atoms with Crippen LogP contribution in [0.15, 0.2) is 48.8 Å². The molecular weight excluding hydrogens is 228 g/mol. The number of hydrogen-bond acceptors (Lipinski definition) is 3. The molecule has 2 rings (SSSR count). The molecule has 1 heterocycles. The number of nitrogens with zero attached hydrogens (tertiary/aromatic N) is 1. The molecule has 4 nitrogen and oxygen atoms in total. The number of pyridine rings is 1. The largest absolute Gasteiger partial charge is 0.508 e. The molecule has 0 aliphatic carbocycles. The lowest BCUT2D eigenvalue weighted by Crippen LogP contribution is -2.26. The van der Waals surface area contributed by atoms with Gasteiger partial charge in [0, 0.05) is 12.4 Å². The third kappa shape index (κ3) is 2.85. The number of phenols is 1. The Hall–Kier alpha value is -2.36. The Morgan fingerprint density at radius 2 is 2.00 bits per heavy atom. The fraction of sp³-hybridized carbons (Fsp3) is 0.143. The van der Waals surface area contributed by atoms with Gasteiger partial charge in [-0.3, -0.25) is 9.78 Å². The van der Waals surface area contributed by atoms with Crippen molar-refractivity contribution in [2.45, 2.75) is 13.0 Å². The minimum absolute atomic E-state index is 0.127. The summed E-state index contributed by atoms with van der Waals surface area (Å²) in [7, 11) is 0. The molecule has 0 saturated heterocycles. The van der Waals surface area contributed by atoms with Gasteiger partial charge in [0.15, 0.2) is 0 Å². The average Bonchev–Trinajstić information content (AvgIpc) is 2.40. The van der Waals surface area contributed by atoms with Crippen LogP contribution in [0.25, 0.3) is 0 Å². The van der Waals surface area contributed by atoms with Gasteiger partial charge < -0.3 is 10.4 Å². The van der Waals surface area contributed by atoms with Gasteiger partial charge in [-0.25, -0.2) is 0 Å². The highest BCUT2D eigenvalue weighted by molar-refractivity contribution is 5.94. The molecular formula is C14H14N2O2. The van der Waals surface area contributed by atoms with Gasteiger partial charge in [0.05, 0.1) is 11.6 Å². The van der Waals surface area contributed by atoms with Crippen LogP contribution in [-0.2, 0) is 0 Å². The Kier molecular flexibility index (Phi) is 3.57. The Morgan fingerprint density at radius 1 is 1.28 bits per heavy atom. The van der Waals surface area contributed by atoms with Crippen molar-refractivity contribution < 1.29 is 9.90 Å². The van der Waals surface area contributed by atoms with E-state index in [1.54, 1.807) is 42.6 Å². The second kappa shape index (κ2) is 5.31. The van der Waals surface area contributed by atoms with Gasteiger partial charge in [0.2, 0.25) is 0 Å². The molecule has 1 amide bonds. The summed E-state index contributed by atoms with van der Waals surface area (Å²) in [5.74, 6) is 0.0493. The maximum atomic E-state index is 11.9. The fourth-order valence-corrected chi connectivity index (χ4v) is 1.62. The Labute approximate surface area is 105 Å². The fourth-order valence-electron chi connectivity index (χ4n) is 1.62. The zero-order valence-electron chi connectivity index (χ0n) is 10.00. The van der Waals surface area contributed by atoms with Crippen LogP contribution < -0.4 is 5.32 Å². The lowest BCUT2D eigenvalue weighted by molar-refractivity contribution is 0.0939. The maximum Gasteiger partial charge on any atom is 0.253 e. The Bertz CT molecular complexity index is 523. The van der Waals surface area contributed by atoms with Gasteiger partial charge in [0.1, 0.15) is 5.75 Å². The molecule has 0 aliphatic heterocycles. The number of phenolic OH excluding ortho intramolecular Hbond substituents is 1. The van der Waals surface area contributed by atoms with Gasteiger partial charge in [-0.05, 0) is 36.8 Å². The topological polar surface area (TPSA) is 62.2 Å². The van der Waals surface area contributed by atoms with Crippen LogP contribution in [0.5, 0.6) is 5.75 Å². The minimum Gasteiger partial charge on any atom is -0.508 e. The molecule has 0 unspecified atom stereocenters. The van der Waals surface area contributed by atoms with E-state index in [0.717, 1.165) is 5.56 Å². The summed E-state index contributed by atoms with van der Waals surface area (Å²) in [5, 5.41) is 12.1. The molecule has 2 N–H and O–H groups in total. The monoisotopic (exact) mass is 242 g/mol.